The second kappa shape index (κ2) is 7.83. The number of esters is 1. The topological polar surface area (TPSA) is 76.7 Å². The Kier molecular flexibility index (Phi) is 5.54. The highest BCUT2D eigenvalue weighted by Gasteiger charge is 2.10. The lowest BCUT2D eigenvalue weighted by atomic mass is 10.0. The van der Waals surface area contributed by atoms with Crippen LogP contribution >= 0.6 is 0 Å². The van der Waals surface area contributed by atoms with Crippen molar-refractivity contribution in [3.63, 3.8) is 0 Å². The zero-order chi connectivity index (χ0) is 15.8. The summed E-state index contributed by atoms with van der Waals surface area (Å²) in [5.41, 5.74) is 11.8. The second-order valence-electron chi connectivity index (χ2n) is 4.55. The zero-order valence-corrected chi connectivity index (χ0v) is 12.5. The number of benzene rings is 2. The number of nitrogens with one attached hydrogen (secondary N) is 1. The Bertz CT molecular complexity index is 654. The number of carbonyl (C=O) groups excluding carboxylic acids is 1. The smallest absolute Gasteiger partial charge is 0.327 e. The van der Waals surface area contributed by atoms with E-state index in [1.54, 1.807) is 6.92 Å². The first-order valence-electron chi connectivity index (χ1n) is 7.09. The maximum Gasteiger partial charge on any atom is 0.327 e. The average Bonchev–Trinajstić information content (AvgIpc) is 2.54. The predicted octanol–water partition coefficient (Wildman–Crippen LogP) is 2.17. The number of hydrazone groups is 1. The number of nitrogen functional groups attached to an aromatic ring is 1. The molecule has 0 radical (unpaired) electrons. The molecule has 0 aromatic heterocycles. The van der Waals surface area contributed by atoms with Gasteiger partial charge in [0.25, 0.3) is 0 Å². The maximum atomic E-state index is 11.4. The van der Waals surface area contributed by atoms with Crippen molar-refractivity contribution in [1.82, 2.24) is 5.43 Å². The van der Waals surface area contributed by atoms with Gasteiger partial charge in [-0.2, -0.15) is 5.10 Å². The minimum atomic E-state index is -0.348. The van der Waals surface area contributed by atoms with Crippen LogP contribution in [-0.4, -0.2) is 24.8 Å². The van der Waals surface area contributed by atoms with Crippen LogP contribution < -0.4 is 11.2 Å². The van der Waals surface area contributed by atoms with E-state index in [4.69, 9.17) is 10.5 Å². The minimum Gasteiger partial charge on any atom is -0.465 e. The normalized spacial score (nSPS) is 11.0. The van der Waals surface area contributed by atoms with Crippen LogP contribution in [0.3, 0.4) is 0 Å². The summed E-state index contributed by atoms with van der Waals surface area (Å²) in [7, 11) is 0. The van der Waals surface area contributed by atoms with Gasteiger partial charge in [-0.25, -0.2) is 0 Å². The summed E-state index contributed by atoms with van der Waals surface area (Å²) in [5, 5.41) is 4.33. The van der Waals surface area contributed by atoms with E-state index in [2.05, 4.69) is 10.5 Å². The predicted molar refractivity (Wildman–Crippen MR) is 87.6 cm³/mol. The van der Waals surface area contributed by atoms with Crippen LogP contribution in [0.5, 0.6) is 0 Å². The van der Waals surface area contributed by atoms with Crippen LogP contribution in [0, 0.1) is 0 Å². The van der Waals surface area contributed by atoms with Gasteiger partial charge in [-0.05, 0) is 13.0 Å². The molecule has 2 aromatic carbocycles. The fourth-order valence-electron chi connectivity index (χ4n) is 1.98. The van der Waals surface area contributed by atoms with Crippen molar-refractivity contribution in [3.8, 4) is 0 Å². The SMILES string of the molecule is CCOC(=O)CN/N=C(/c1ccccc1)c1ccccc1N. The van der Waals surface area contributed by atoms with Gasteiger partial charge in [0.05, 0.1) is 12.3 Å². The summed E-state index contributed by atoms with van der Waals surface area (Å²) in [6, 6.07) is 17.1. The molecule has 0 saturated carbocycles. The Labute approximate surface area is 129 Å². The van der Waals surface area contributed by atoms with Gasteiger partial charge in [-0.1, -0.05) is 48.5 Å². The Hall–Kier alpha value is -2.82. The highest BCUT2D eigenvalue weighted by molar-refractivity contribution is 6.15. The average molecular weight is 297 g/mol. The largest absolute Gasteiger partial charge is 0.465 e. The van der Waals surface area contributed by atoms with E-state index in [1.165, 1.54) is 0 Å². The Morgan fingerprint density at radius 1 is 1.14 bits per heavy atom. The van der Waals surface area contributed by atoms with Gasteiger partial charge in [0.2, 0.25) is 0 Å². The fraction of sp³-hybridized carbons (Fsp3) is 0.176. The monoisotopic (exact) mass is 297 g/mol. The van der Waals surface area contributed by atoms with E-state index in [0.717, 1.165) is 11.1 Å². The number of ether oxygens (including phenoxy) is 1. The van der Waals surface area contributed by atoms with Crippen LogP contribution in [0.2, 0.25) is 0 Å². The molecule has 2 rings (SSSR count). The van der Waals surface area contributed by atoms with Crippen molar-refractivity contribution >= 4 is 17.4 Å². The van der Waals surface area contributed by atoms with Crippen molar-refractivity contribution in [1.29, 1.82) is 0 Å². The molecule has 0 spiro atoms. The van der Waals surface area contributed by atoms with Gasteiger partial charge in [0.15, 0.2) is 0 Å². The van der Waals surface area contributed by atoms with Gasteiger partial charge < -0.3 is 10.5 Å². The lowest BCUT2D eigenvalue weighted by molar-refractivity contribution is -0.141. The number of anilines is 1. The molecule has 0 atom stereocenters. The number of para-hydroxylation sites is 1. The third kappa shape index (κ3) is 4.09. The highest BCUT2D eigenvalue weighted by Crippen LogP contribution is 2.16. The first-order valence-corrected chi connectivity index (χ1v) is 7.09. The number of nitrogens with zero attached hydrogens (tertiary/aromatic N) is 1. The van der Waals surface area contributed by atoms with Crippen LogP contribution in [0.15, 0.2) is 59.7 Å². The molecule has 0 bridgehead atoms. The zero-order valence-electron chi connectivity index (χ0n) is 12.5. The van der Waals surface area contributed by atoms with Crippen LogP contribution in [0.4, 0.5) is 5.69 Å². The molecule has 0 amide bonds. The summed E-state index contributed by atoms with van der Waals surface area (Å²) in [4.78, 5) is 11.4. The molecule has 3 N–H and O–H groups in total. The molecule has 0 fully saturated rings. The molecule has 0 unspecified atom stereocenters. The molecule has 5 nitrogen and oxygen atoms in total. The maximum absolute atomic E-state index is 11.4. The van der Waals surface area contributed by atoms with Crippen molar-refractivity contribution < 1.29 is 9.53 Å². The molecular formula is C17H19N3O2. The Morgan fingerprint density at radius 3 is 2.50 bits per heavy atom. The molecular weight excluding hydrogens is 278 g/mol. The lowest BCUT2D eigenvalue weighted by Crippen LogP contribution is -2.22. The first-order chi connectivity index (χ1) is 10.7. The number of hydrogen-bond donors (Lipinski definition) is 2. The molecule has 22 heavy (non-hydrogen) atoms. The highest BCUT2D eigenvalue weighted by atomic mass is 16.5. The molecule has 114 valence electrons. The van der Waals surface area contributed by atoms with Crippen molar-refractivity contribution in [2.24, 2.45) is 5.10 Å². The van der Waals surface area contributed by atoms with E-state index in [1.807, 2.05) is 54.6 Å². The molecule has 0 heterocycles. The fourth-order valence-corrected chi connectivity index (χ4v) is 1.98. The molecule has 0 aliphatic carbocycles. The molecule has 2 aromatic rings. The minimum absolute atomic E-state index is 0.0108. The van der Waals surface area contributed by atoms with Crippen molar-refractivity contribution in [2.75, 3.05) is 18.9 Å². The Morgan fingerprint density at radius 2 is 1.82 bits per heavy atom. The standard InChI is InChI=1S/C17H19N3O2/c1-2-22-16(21)12-19-20-17(13-8-4-3-5-9-13)14-10-6-7-11-15(14)18/h3-11,19H,2,12,18H2,1H3/b20-17-. The summed E-state index contributed by atoms with van der Waals surface area (Å²) >= 11 is 0. The summed E-state index contributed by atoms with van der Waals surface area (Å²) in [5.74, 6) is -0.348. The molecule has 0 saturated heterocycles. The Balaban J connectivity index is 2.27. The van der Waals surface area contributed by atoms with Gasteiger partial charge in [-0.15, -0.1) is 0 Å². The quantitative estimate of drug-likeness (QED) is 0.371. The van der Waals surface area contributed by atoms with Crippen molar-refractivity contribution in [3.05, 3.63) is 65.7 Å². The van der Waals surface area contributed by atoms with E-state index >= 15 is 0 Å². The third-order valence-corrected chi connectivity index (χ3v) is 2.98. The number of carbonyl (C=O) groups is 1. The van der Waals surface area contributed by atoms with E-state index < -0.39 is 0 Å². The van der Waals surface area contributed by atoms with Crippen LogP contribution in [-0.2, 0) is 9.53 Å². The molecule has 0 aliphatic heterocycles. The summed E-state index contributed by atoms with van der Waals surface area (Å²) < 4.78 is 4.86. The van der Waals surface area contributed by atoms with Gasteiger partial charge in [-0.3, -0.25) is 10.2 Å². The second-order valence-corrected chi connectivity index (χ2v) is 4.55. The first kappa shape index (κ1) is 15.6. The van der Waals surface area contributed by atoms with Gasteiger partial charge in [0.1, 0.15) is 6.54 Å². The van der Waals surface area contributed by atoms with Gasteiger partial charge >= 0.3 is 5.97 Å². The third-order valence-electron chi connectivity index (χ3n) is 2.98. The molecule has 5 heteroatoms. The van der Waals surface area contributed by atoms with Crippen LogP contribution in [0.1, 0.15) is 18.1 Å². The summed E-state index contributed by atoms with van der Waals surface area (Å²) in [6.45, 7) is 2.12. The van der Waals surface area contributed by atoms with Gasteiger partial charge in [0, 0.05) is 16.8 Å². The number of rotatable bonds is 6. The van der Waals surface area contributed by atoms with E-state index in [9.17, 15) is 4.79 Å². The van der Waals surface area contributed by atoms with Crippen molar-refractivity contribution in [2.45, 2.75) is 6.92 Å². The number of nitrogens with two attached hydrogens (primary N) is 1. The summed E-state index contributed by atoms with van der Waals surface area (Å²) in [6.07, 6.45) is 0. The lowest BCUT2D eigenvalue weighted by Gasteiger charge is -2.10. The molecule has 0 aliphatic rings. The number of hydrogen-bond acceptors (Lipinski definition) is 5. The van der Waals surface area contributed by atoms with E-state index in [0.29, 0.717) is 18.0 Å². The van der Waals surface area contributed by atoms with E-state index in [-0.39, 0.29) is 12.5 Å². The van der Waals surface area contributed by atoms with Crippen LogP contribution in [0.25, 0.3) is 0 Å².